The third-order valence-corrected chi connectivity index (χ3v) is 5.25. The predicted octanol–water partition coefficient (Wildman–Crippen LogP) is 3.71. The van der Waals surface area contributed by atoms with E-state index in [9.17, 15) is 4.79 Å². The highest BCUT2D eigenvalue weighted by atomic mass is 16.5. The normalized spacial score (nSPS) is 18.5. The molecular formula is C25H26N4O2. The van der Waals surface area contributed by atoms with Gasteiger partial charge in [0, 0.05) is 6.04 Å². The second-order valence-electron chi connectivity index (χ2n) is 7.52. The van der Waals surface area contributed by atoms with Crippen LogP contribution in [0.5, 0.6) is 5.75 Å². The summed E-state index contributed by atoms with van der Waals surface area (Å²) in [5, 5.41) is 4.23. The summed E-state index contributed by atoms with van der Waals surface area (Å²) < 4.78 is 5.93. The summed E-state index contributed by atoms with van der Waals surface area (Å²) in [6.07, 6.45) is 0.619. The van der Waals surface area contributed by atoms with Gasteiger partial charge >= 0.3 is 0 Å². The van der Waals surface area contributed by atoms with Crippen molar-refractivity contribution in [1.29, 1.82) is 0 Å². The van der Waals surface area contributed by atoms with Gasteiger partial charge in [-0.15, -0.1) is 0 Å². The zero-order valence-electron chi connectivity index (χ0n) is 17.4. The van der Waals surface area contributed by atoms with E-state index in [0.29, 0.717) is 13.0 Å². The van der Waals surface area contributed by atoms with E-state index < -0.39 is 0 Å². The van der Waals surface area contributed by atoms with Gasteiger partial charge in [-0.25, -0.2) is 16.3 Å². The molecule has 4 rings (SSSR count). The number of carbonyl (C=O) groups is 1. The summed E-state index contributed by atoms with van der Waals surface area (Å²) in [4.78, 5) is 12.5. The molecule has 1 amide bonds. The van der Waals surface area contributed by atoms with Crippen LogP contribution in [0.25, 0.3) is 0 Å². The van der Waals surface area contributed by atoms with E-state index in [4.69, 9.17) is 4.74 Å². The van der Waals surface area contributed by atoms with Gasteiger partial charge in [-0.3, -0.25) is 4.79 Å². The first-order chi connectivity index (χ1) is 15.2. The highest BCUT2D eigenvalue weighted by Crippen LogP contribution is 2.26. The molecule has 1 heterocycles. The largest absolute Gasteiger partial charge is 0.489 e. The Balaban J connectivity index is 1.32. The van der Waals surface area contributed by atoms with Gasteiger partial charge in [-0.2, -0.15) is 5.10 Å². The summed E-state index contributed by atoms with van der Waals surface area (Å²) >= 11 is 0. The molecule has 31 heavy (non-hydrogen) atoms. The van der Waals surface area contributed by atoms with Gasteiger partial charge in [0.25, 0.3) is 5.91 Å². The zero-order chi connectivity index (χ0) is 21.5. The van der Waals surface area contributed by atoms with E-state index in [2.05, 4.69) is 21.4 Å². The molecule has 6 heteroatoms. The van der Waals surface area contributed by atoms with Crippen molar-refractivity contribution in [2.75, 3.05) is 0 Å². The van der Waals surface area contributed by atoms with Crippen LogP contribution in [0.3, 0.4) is 0 Å². The molecule has 2 atom stereocenters. The number of rotatable bonds is 7. The van der Waals surface area contributed by atoms with Gasteiger partial charge in [0.2, 0.25) is 0 Å². The Morgan fingerprint density at radius 3 is 2.52 bits per heavy atom. The number of hydrazone groups is 1. The fraction of sp³-hybridized carbons (Fsp3) is 0.200. The lowest BCUT2D eigenvalue weighted by Crippen LogP contribution is -2.41. The number of carbonyl (C=O) groups excluding carboxylic acids is 1. The molecule has 0 spiro atoms. The summed E-state index contributed by atoms with van der Waals surface area (Å²) in [6.45, 7) is 2.39. The first kappa shape index (κ1) is 20.8. The molecule has 3 aromatic rings. The van der Waals surface area contributed by atoms with Crippen LogP contribution in [0.1, 0.15) is 36.1 Å². The molecule has 0 radical (unpaired) electrons. The van der Waals surface area contributed by atoms with Crippen LogP contribution in [0.4, 0.5) is 0 Å². The van der Waals surface area contributed by atoms with Gasteiger partial charge in [-0.05, 0) is 42.2 Å². The summed E-state index contributed by atoms with van der Waals surface area (Å²) in [5.41, 5.74) is 12.9. The molecule has 6 nitrogen and oxygen atoms in total. The quantitative estimate of drug-likeness (QED) is 0.407. The van der Waals surface area contributed by atoms with Crippen molar-refractivity contribution >= 4 is 11.6 Å². The van der Waals surface area contributed by atoms with E-state index in [-0.39, 0.29) is 18.0 Å². The monoisotopic (exact) mass is 414 g/mol. The number of hydrazine groups is 1. The smallest absolute Gasteiger partial charge is 0.258 e. The minimum Gasteiger partial charge on any atom is -0.489 e. The van der Waals surface area contributed by atoms with E-state index in [0.717, 1.165) is 28.2 Å². The average molecular weight is 415 g/mol. The fourth-order valence-electron chi connectivity index (χ4n) is 3.47. The lowest BCUT2D eigenvalue weighted by atomic mass is 10.0. The zero-order valence-corrected chi connectivity index (χ0v) is 17.4. The number of benzene rings is 3. The van der Waals surface area contributed by atoms with Crippen LogP contribution in [0, 0.1) is 0 Å². The van der Waals surface area contributed by atoms with Crippen LogP contribution in [0.15, 0.2) is 90.0 Å². The molecule has 1 aliphatic rings. The van der Waals surface area contributed by atoms with Crippen LogP contribution in [0.2, 0.25) is 0 Å². The van der Waals surface area contributed by atoms with Gasteiger partial charge in [-0.1, -0.05) is 72.8 Å². The van der Waals surface area contributed by atoms with Gasteiger partial charge < -0.3 is 4.74 Å². The first-order valence-corrected chi connectivity index (χ1v) is 10.4. The number of amides is 1. The van der Waals surface area contributed by atoms with Crippen molar-refractivity contribution in [3.05, 3.63) is 102 Å². The second-order valence-corrected chi connectivity index (χ2v) is 7.52. The highest BCUT2D eigenvalue weighted by Gasteiger charge is 2.30. The number of hydrogen-bond donors (Lipinski definition) is 3. The number of hydrogen-bond acceptors (Lipinski definition) is 5. The van der Waals surface area contributed by atoms with Crippen LogP contribution >= 0.6 is 0 Å². The van der Waals surface area contributed by atoms with Crippen molar-refractivity contribution in [3.8, 4) is 5.75 Å². The van der Waals surface area contributed by atoms with Crippen molar-refractivity contribution < 1.29 is 9.53 Å². The minimum absolute atomic E-state index is 0.00947. The summed E-state index contributed by atoms with van der Waals surface area (Å²) in [6, 6.07) is 27.4. The first-order valence-electron chi connectivity index (χ1n) is 10.4. The maximum absolute atomic E-state index is 12.5. The van der Waals surface area contributed by atoms with E-state index >= 15 is 0 Å². The molecule has 1 saturated heterocycles. The third kappa shape index (κ3) is 5.57. The van der Waals surface area contributed by atoms with Crippen LogP contribution < -0.4 is 21.0 Å². The topological polar surface area (TPSA) is 74.8 Å². The minimum atomic E-state index is -0.369. The number of ether oxygens (including phenoxy) is 1. The maximum Gasteiger partial charge on any atom is 0.258 e. The molecule has 0 saturated carbocycles. The van der Waals surface area contributed by atoms with E-state index in [1.54, 1.807) is 0 Å². The summed E-state index contributed by atoms with van der Waals surface area (Å²) in [7, 11) is 0. The maximum atomic E-state index is 12.5. The van der Waals surface area contributed by atoms with Crippen molar-refractivity contribution in [1.82, 2.24) is 16.3 Å². The van der Waals surface area contributed by atoms with Crippen LogP contribution in [-0.2, 0) is 11.4 Å². The molecule has 158 valence electrons. The predicted molar refractivity (Wildman–Crippen MR) is 121 cm³/mol. The average Bonchev–Trinajstić information content (AvgIpc) is 3.33. The highest BCUT2D eigenvalue weighted by molar-refractivity contribution is 5.99. The SMILES string of the molecule is C/C(=N/NC(=O)C1CC(c2cccc(OCc3ccccc3)c2)NN1)c1ccccc1. The van der Waals surface area contributed by atoms with Gasteiger partial charge in [0.05, 0.1) is 5.71 Å². The standard InChI is InChI=1S/C25H26N4O2/c1-18(20-11-6-3-7-12-20)26-29-25(30)24-16-23(27-28-24)21-13-8-14-22(15-21)31-17-19-9-4-2-5-10-19/h2-15,23-24,27-28H,16-17H2,1H3,(H,29,30)/b26-18-. The Morgan fingerprint density at radius 2 is 1.74 bits per heavy atom. The molecule has 0 bridgehead atoms. The molecule has 1 fully saturated rings. The molecule has 0 aromatic heterocycles. The van der Waals surface area contributed by atoms with Crippen molar-refractivity contribution in [2.45, 2.75) is 32.0 Å². The number of nitrogens with zero attached hydrogens (tertiary/aromatic N) is 1. The fourth-order valence-corrected chi connectivity index (χ4v) is 3.47. The molecule has 1 aliphatic heterocycles. The third-order valence-electron chi connectivity index (χ3n) is 5.25. The van der Waals surface area contributed by atoms with Crippen molar-refractivity contribution in [2.24, 2.45) is 5.10 Å². The van der Waals surface area contributed by atoms with Crippen molar-refractivity contribution in [3.63, 3.8) is 0 Å². The summed E-state index contributed by atoms with van der Waals surface area (Å²) in [5.74, 6) is 0.640. The lowest BCUT2D eigenvalue weighted by Gasteiger charge is -2.12. The molecule has 3 aromatic carbocycles. The number of nitrogens with one attached hydrogen (secondary N) is 3. The van der Waals surface area contributed by atoms with Gasteiger partial charge in [0.1, 0.15) is 18.4 Å². The second kappa shape index (κ2) is 10.0. The van der Waals surface area contributed by atoms with Crippen LogP contribution in [-0.4, -0.2) is 17.7 Å². The Morgan fingerprint density at radius 1 is 1.00 bits per heavy atom. The van der Waals surface area contributed by atoms with E-state index in [1.165, 1.54) is 0 Å². The van der Waals surface area contributed by atoms with E-state index in [1.807, 2.05) is 91.9 Å². The van der Waals surface area contributed by atoms with Gasteiger partial charge in [0.15, 0.2) is 0 Å². The Labute approximate surface area is 182 Å². The Bertz CT molecular complexity index is 1040. The Hall–Kier alpha value is -3.48. The molecule has 3 N–H and O–H groups in total. The lowest BCUT2D eigenvalue weighted by molar-refractivity contribution is -0.122. The molecule has 0 aliphatic carbocycles. The molecular weight excluding hydrogens is 388 g/mol. The Kier molecular flexibility index (Phi) is 6.72. The molecule has 2 unspecified atom stereocenters.